The number of alkyl halides is 3. The Morgan fingerprint density at radius 1 is 1.36 bits per heavy atom. The summed E-state index contributed by atoms with van der Waals surface area (Å²) in [6.45, 7) is 0. The molecular formula is C8H5ClF3IO. The molecule has 0 N–H and O–H groups in total. The van der Waals surface area contributed by atoms with Gasteiger partial charge in [0, 0.05) is 5.02 Å². The molecule has 6 heteroatoms. The number of rotatable bonds is 1. The summed E-state index contributed by atoms with van der Waals surface area (Å²) in [7, 11) is 1.20. The van der Waals surface area contributed by atoms with E-state index in [1.807, 2.05) is 0 Å². The summed E-state index contributed by atoms with van der Waals surface area (Å²) in [6.07, 6.45) is -4.45. The van der Waals surface area contributed by atoms with E-state index in [0.717, 1.165) is 6.07 Å². The summed E-state index contributed by atoms with van der Waals surface area (Å²) in [5.74, 6) is -0.192. The molecule has 0 unspecified atom stereocenters. The molecule has 0 atom stereocenters. The van der Waals surface area contributed by atoms with Crippen LogP contribution in [-0.2, 0) is 6.18 Å². The highest BCUT2D eigenvalue weighted by Crippen LogP contribution is 2.40. The van der Waals surface area contributed by atoms with Gasteiger partial charge in [-0.15, -0.1) is 0 Å². The summed E-state index contributed by atoms with van der Waals surface area (Å²) >= 11 is 7.27. The van der Waals surface area contributed by atoms with Crippen molar-refractivity contribution >= 4 is 34.2 Å². The fourth-order valence-corrected chi connectivity index (χ4v) is 2.23. The van der Waals surface area contributed by atoms with Crippen molar-refractivity contribution in [3.05, 3.63) is 26.3 Å². The smallest absolute Gasteiger partial charge is 0.420 e. The Kier molecular flexibility index (Phi) is 3.52. The average Bonchev–Trinajstić information content (AvgIpc) is 2.01. The monoisotopic (exact) mass is 336 g/mol. The van der Waals surface area contributed by atoms with Crippen LogP contribution in [-0.4, -0.2) is 7.11 Å². The van der Waals surface area contributed by atoms with Crippen LogP contribution in [0.15, 0.2) is 12.1 Å². The van der Waals surface area contributed by atoms with E-state index in [1.165, 1.54) is 13.2 Å². The lowest BCUT2D eigenvalue weighted by atomic mass is 10.2. The number of benzene rings is 1. The van der Waals surface area contributed by atoms with E-state index in [4.69, 9.17) is 11.6 Å². The molecule has 1 aromatic carbocycles. The molecule has 0 saturated carbocycles. The molecule has 1 nitrogen and oxygen atoms in total. The van der Waals surface area contributed by atoms with Crippen molar-refractivity contribution < 1.29 is 17.9 Å². The van der Waals surface area contributed by atoms with Crippen LogP contribution in [0.3, 0.4) is 0 Å². The zero-order valence-electron chi connectivity index (χ0n) is 6.95. The molecule has 0 fully saturated rings. The van der Waals surface area contributed by atoms with E-state index in [9.17, 15) is 13.2 Å². The van der Waals surface area contributed by atoms with Gasteiger partial charge in [-0.2, -0.15) is 13.2 Å². The van der Waals surface area contributed by atoms with E-state index < -0.39 is 11.7 Å². The Balaban J connectivity index is 3.40. The third-order valence-corrected chi connectivity index (χ3v) is 2.54. The quantitative estimate of drug-likeness (QED) is 0.705. The first-order valence-electron chi connectivity index (χ1n) is 3.46. The van der Waals surface area contributed by atoms with Crippen LogP contribution in [0.25, 0.3) is 0 Å². The molecule has 78 valence electrons. The highest BCUT2D eigenvalue weighted by Gasteiger charge is 2.35. The number of ether oxygens (including phenoxy) is 1. The van der Waals surface area contributed by atoms with Crippen LogP contribution >= 0.6 is 34.2 Å². The van der Waals surface area contributed by atoms with E-state index in [1.54, 1.807) is 22.6 Å². The molecule has 0 bridgehead atoms. The number of hydrogen-bond donors (Lipinski definition) is 0. The predicted octanol–water partition coefficient (Wildman–Crippen LogP) is 3.97. The summed E-state index contributed by atoms with van der Waals surface area (Å²) in [5.41, 5.74) is -0.850. The SMILES string of the molecule is COc1c(I)cc(Cl)cc1C(F)(F)F. The van der Waals surface area contributed by atoms with Crippen LogP contribution in [0.1, 0.15) is 5.56 Å². The lowest BCUT2D eigenvalue weighted by Crippen LogP contribution is -2.08. The zero-order valence-corrected chi connectivity index (χ0v) is 9.87. The topological polar surface area (TPSA) is 9.23 Å². The van der Waals surface area contributed by atoms with Crippen LogP contribution in [0.4, 0.5) is 13.2 Å². The second kappa shape index (κ2) is 4.14. The average molecular weight is 336 g/mol. The third kappa shape index (κ3) is 2.44. The Hall–Kier alpha value is -0.170. The molecule has 0 saturated heterocycles. The van der Waals surface area contributed by atoms with Gasteiger partial charge in [0.25, 0.3) is 0 Å². The van der Waals surface area contributed by atoms with Crippen molar-refractivity contribution in [2.24, 2.45) is 0 Å². The Morgan fingerprint density at radius 3 is 2.36 bits per heavy atom. The molecule has 0 aromatic heterocycles. The molecule has 1 aromatic rings. The molecule has 0 heterocycles. The molecular weight excluding hydrogens is 331 g/mol. The van der Waals surface area contributed by atoms with Gasteiger partial charge in [-0.1, -0.05) is 11.6 Å². The van der Waals surface area contributed by atoms with Gasteiger partial charge in [0.05, 0.1) is 10.7 Å². The largest absolute Gasteiger partial charge is 0.495 e. The second-order valence-electron chi connectivity index (χ2n) is 2.47. The fraction of sp³-hybridized carbons (Fsp3) is 0.250. The van der Waals surface area contributed by atoms with E-state index in [-0.39, 0.29) is 10.8 Å². The Labute approximate surface area is 97.3 Å². The van der Waals surface area contributed by atoms with E-state index in [0.29, 0.717) is 3.57 Å². The first-order valence-corrected chi connectivity index (χ1v) is 4.92. The summed E-state index contributed by atoms with van der Waals surface area (Å²) in [4.78, 5) is 0. The summed E-state index contributed by atoms with van der Waals surface area (Å²) in [6, 6.07) is 2.26. The molecule has 0 aliphatic heterocycles. The van der Waals surface area contributed by atoms with Gasteiger partial charge < -0.3 is 4.74 Å². The van der Waals surface area contributed by atoms with E-state index >= 15 is 0 Å². The first-order chi connectivity index (χ1) is 6.36. The summed E-state index contributed by atoms with van der Waals surface area (Å²) in [5, 5.41) is 0.0440. The molecule has 0 aliphatic rings. The lowest BCUT2D eigenvalue weighted by molar-refractivity contribution is -0.138. The van der Waals surface area contributed by atoms with Crippen molar-refractivity contribution in [1.82, 2.24) is 0 Å². The van der Waals surface area contributed by atoms with Gasteiger partial charge in [0.1, 0.15) is 11.3 Å². The van der Waals surface area contributed by atoms with Gasteiger partial charge >= 0.3 is 6.18 Å². The minimum Gasteiger partial charge on any atom is -0.495 e. The minimum atomic E-state index is -4.45. The standard InChI is InChI=1S/C8H5ClF3IO/c1-14-7-5(8(10,11)12)2-4(9)3-6(7)13/h2-3H,1H3. The van der Waals surface area contributed by atoms with Gasteiger partial charge in [0.2, 0.25) is 0 Å². The van der Waals surface area contributed by atoms with Crippen molar-refractivity contribution in [2.75, 3.05) is 7.11 Å². The van der Waals surface area contributed by atoms with Gasteiger partial charge in [-0.05, 0) is 34.7 Å². The Morgan fingerprint density at radius 2 is 1.93 bits per heavy atom. The van der Waals surface area contributed by atoms with Crippen LogP contribution in [0.2, 0.25) is 5.02 Å². The maximum atomic E-state index is 12.5. The predicted molar refractivity (Wildman–Crippen MR) is 55.7 cm³/mol. The van der Waals surface area contributed by atoms with Crippen molar-refractivity contribution in [2.45, 2.75) is 6.18 Å². The van der Waals surface area contributed by atoms with Crippen LogP contribution in [0.5, 0.6) is 5.75 Å². The normalized spacial score (nSPS) is 11.6. The molecule has 0 radical (unpaired) electrons. The number of methoxy groups -OCH3 is 1. The molecule has 0 aliphatic carbocycles. The Bertz CT molecular complexity index is 351. The minimum absolute atomic E-state index is 0.0440. The number of hydrogen-bond acceptors (Lipinski definition) is 1. The van der Waals surface area contributed by atoms with E-state index in [2.05, 4.69) is 4.74 Å². The molecule has 0 spiro atoms. The maximum absolute atomic E-state index is 12.5. The van der Waals surface area contributed by atoms with Gasteiger partial charge in [-0.3, -0.25) is 0 Å². The second-order valence-corrected chi connectivity index (χ2v) is 4.06. The zero-order chi connectivity index (χ0) is 10.9. The van der Waals surface area contributed by atoms with Crippen molar-refractivity contribution in [3.8, 4) is 5.75 Å². The fourth-order valence-electron chi connectivity index (χ4n) is 0.978. The van der Waals surface area contributed by atoms with Crippen molar-refractivity contribution in [1.29, 1.82) is 0 Å². The first kappa shape index (κ1) is 11.9. The number of halogens is 5. The van der Waals surface area contributed by atoms with Gasteiger partial charge in [-0.25, -0.2) is 0 Å². The molecule has 14 heavy (non-hydrogen) atoms. The van der Waals surface area contributed by atoms with Crippen LogP contribution in [0, 0.1) is 3.57 Å². The third-order valence-electron chi connectivity index (χ3n) is 1.52. The van der Waals surface area contributed by atoms with Crippen molar-refractivity contribution in [3.63, 3.8) is 0 Å². The summed E-state index contributed by atoms with van der Waals surface area (Å²) < 4.78 is 42.4. The highest BCUT2D eigenvalue weighted by molar-refractivity contribution is 14.1. The van der Waals surface area contributed by atoms with Crippen LogP contribution < -0.4 is 4.74 Å². The highest BCUT2D eigenvalue weighted by atomic mass is 127. The maximum Gasteiger partial charge on any atom is 0.420 e. The lowest BCUT2D eigenvalue weighted by Gasteiger charge is -2.13. The molecule has 1 rings (SSSR count). The van der Waals surface area contributed by atoms with Gasteiger partial charge in [0.15, 0.2) is 0 Å². The molecule has 0 amide bonds.